The quantitative estimate of drug-likeness (QED) is 0.850. The third-order valence-corrected chi connectivity index (χ3v) is 2.89. The molecule has 23 heavy (non-hydrogen) atoms. The lowest BCUT2D eigenvalue weighted by Gasteiger charge is -2.09. The van der Waals surface area contributed by atoms with Crippen LogP contribution in [0.2, 0.25) is 0 Å². The van der Waals surface area contributed by atoms with Gasteiger partial charge in [0.15, 0.2) is 11.6 Å². The van der Waals surface area contributed by atoms with E-state index in [0.717, 1.165) is 6.07 Å². The molecule has 2 rings (SSSR count). The van der Waals surface area contributed by atoms with Crippen LogP contribution in [0.15, 0.2) is 35.3 Å². The van der Waals surface area contributed by atoms with E-state index in [1.807, 2.05) is 10.3 Å². The molecule has 0 aliphatic carbocycles. The molecule has 2 aromatic rings. The van der Waals surface area contributed by atoms with Crippen LogP contribution in [-0.2, 0) is 6.18 Å². The minimum Gasteiger partial charge on any atom is -0.494 e. The molecule has 0 saturated heterocycles. The summed E-state index contributed by atoms with van der Waals surface area (Å²) in [5.74, 6) is -1.85. The molecule has 1 aromatic heterocycles. The predicted molar refractivity (Wildman–Crippen MR) is 73.0 cm³/mol. The van der Waals surface area contributed by atoms with E-state index in [9.17, 15) is 27.2 Å². The van der Waals surface area contributed by atoms with Gasteiger partial charge in [0.1, 0.15) is 5.69 Å². The molecule has 0 bridgehead atoms. The fourth-order valence-corrected chi connectivity index (χ4v) is 1.74. The zero-order chi connectivity index (χ0) is 17.2. The predicted octanol–water partition coefficient (Wildman–Crippen LogP) is 2.79. The fraction of sp³-hybridized carbons (Fsp3) is 0.143. The van der Waals surface area contributed by atoms with Gasteiger partial charge in [0.2, 0.25) is 0 Å². The third kappa shape index (κ3) is 3.68. The van der Waals surface area contributed by atoms with Crippen molar-refractivity contribution in [2.75, 3.05) is 12.4 Å². The van der Waals surface area contributed by atoms with Crippen LogP contribution in [0, 0.1) is 5.82 Å². The Hall–Kier alpha value is -2.84. The number of nitrogens with one attached hydrogen (secondary N) is 2. The zero-order valence-electron chi connectivity index (χ0n) is 11.6. The van der Waals surface area contributed by atoms with Crippen molar-refractivity contribution in [3.8, 4) is 5.75 Å². The van der Waals surface area contributed by atoms with Crippen LogP contribution in [0.5, 0.6) is 5.75 Å². The second kappa shape index (κ2) is 6.11. The van der Waals surface area contributed by atoms with E-state index in [2.05, 4.69) is 4.74 Å². The molecule has 0 unspecified atom stereocenters. The molecule has 5 nitrogen and oxygen atoms in total. The molecular weight excluding hydrogens is 320 g/mol. The minimum atomic E-state index is -4.68. The molecule has 1 aromatic carbocycles. The number of hydrogen-bond acceptors (Lipinski definition) is 3. The Morgan fingerprint density at radius 2 is 1.96 bits per heavy atom. The van der Waals surface area contributed by atoms with Gasteiger partial charge in [0.25, 0.3) is 11.5 Å². The number of H-pyrrole nitrogens is 1. The number of amides is 1. The lowest BCUT2D eigenvalue weighted by atomic mass is 10.2. The van der Waals surface area contributed by atoms with Crippen molar-refractivity contribution in [2.45, 2.75) is 6.18 Å². The number of anilines is 1. The number of rotatable bonds is 3. The molecule has 0 radical (unpaired) electrons. The number of aromatic amines is 1. The smallest absolute Gasteiger partial charge is 0.417 e. The average molecular weight is 330 g/mol. The van der Waals surface area contributed by atoms with Crippen LogP contribution in [-0.4, -0.2) is 18.0 Å². The standard InChI is InChI=1S/C14H10F4N2O3/c1-23-11-3-2-7(4-9(11)15)12(21)20-10-5-8(14(16,17)18)6-19-13(10)22/h2-6H,1H3,(H,19,22)(H,20,21). The second-order valence-corrected chi connectivity index (χ2v) is 4.43. The van der Waals surface area contributed by atoms with Crippen LogP contribution >= 0.6 is 0 Å². The highest BCUT2D eigenvalue weighted by molar-refractivity contribution is 6.04. The van der Waals surface area contributed by atoms with Gasteiger partial charge < -0.3 is 15.0 Å². The summed E-state index contributed by atoms with van der Waals surface area (Å²) >= 11 is 0. The van der Waals surface area contributed by atoms with Gasteiger partial charge >= 0.3 is 6.18 Å². The summed E-state index contributed by atoms with van der Waals surface area (Å²) in [5.41, 5.74) is -2.82. The number of methoxy groups -OCH3 is 1. The Kier molecular flexibility index (Phi) is 4.39. The summed E-state index contributed by atoms with van der Waals surface area (Å²) < 4.78 is 56.0. The summed E-state index contributed by atoms with van der Waals surface area (Å²) in [6, 6.07) is 3.73. The molecule has 2 N–H and O–H groups in total. The Morgan fingerprint density at radius 1 is 1.26 bits per heavy atom. The van der Waals surface area contributed by atoms with E-state index >= 15 is 0 Å². The van der Waals surface area contributed by atoms with Crippen LogP contribution < -0.4 is 15.6 Å². The second-order valence-electron chi connectivity index (χ2n) is 4.43. The molecule has 0 aliphatic rings. The number of ether oxygens (including phenoxy) is 1. The topological polar surface area (TPSA) is 71.2 Å². The Bertz CT molecular complexity index is 799. The SMILES string of the molecule is COc1ccc(C(=O)Nc2cc(C(F)(F)F)c[nH]c2=O)cc1F. The summed E-state index contributed by atoms with van der Waals surface area (Å²) in [4.78, 5) is 25.3. The van der Waals surface area contributed by atoms with Crippen LogP contribution in [0.3, 0.4) is 0 Å². The van der Waals surface area contributed by atoms with Gasteiger partial charge in [-0.15, -0.1) is 0 Å². The first-order valence-electron chi connectivity index (χ1n) is 6.17. The molecule has 0 spiro atoms. The maximum Gasteiger partial charge on any atom is 0.417 e. The molecule has 1 amide bonds. The number of carbonyl (C=O) groups is 1. The first kappa shape index (κ1) is 16.5. The maximum absolute atomic E-state index is 13.5. The van der Waals surface area contributed by atoms with Crippen LogP contribution in [0.1, 0.15) is 15.9 Å². The highest BCUT2D eigenvalue weighted by Crippen LogP contribution is 2.29. The van der Waals surface area contributed by atoms with E-state index in [1.165, 1.54) is 19.2 Å². The van der Waals surface area contributed by atoms with Crippen LogP contribution in [0.25, 0.3) is 0 Å². The lowest BCUT2D eigenvalue weighted by molar-refractivity contribution is -0.137. The first-order valence-corrected chi connectivity index (χ1v) is 6.17. The van der Waals surface area contributed by atoms with Crippen molar-refractivity contribution < 1.29 is 27.1 Å². The molecule has 0 saturated carbocycles. The minimum absolute atomic E-state index is 0.0986. The van der Waals surface area contributed by atoms with Gasteiger partial charge in [-0.05, 0) is 24.3 Å². The maximum atomic E-state index is 13.5. The Labute approximate surface area is 126 Å². The number of alkyl halides is 3. The van der Waals surface area contributed by atoms with E-state index in [1.54, 1.807) is 0 Å². The lowest BCUT2D eigenvalue weighted by Crippen LogP contribution is -2.21. The number of halogens is 4. The fourth-order valence-electron chi connectivity index (χ4n) is 1.74. The summed E-state index contributed by atoms with van der Waals surface area (Å²) in [6.45, 7) is 0. The van der Waals surface area contributed by atoms with Crippen molar-refractivity contribution in [1.29, 1.82) is 0 Å². The molecule has 122 valence electrons. The van der Waals surface area contributed by atoms with Gasteiger partial charge in [-0.3, -0.25) is 9.59 Å². The van der Waals surface area contributed by atoms with E-state index in [-0.39, 0.29) is 11.3 Å². The van der Waals surface area contributed by atoms with Crippen molar-refractivity contribution in [1.82, 2.24) is 4.98 Å². The zero-order valence-corrected chi connectivity index (χ0v) is 11.6. The number of benzene rings is 1. The van der Waals surface area contributed by atoms with Gasteiger partial charge in [-0.25, -0.2) is 4.39 Å². The molecule has 0 atom stereocenters. The largest absolute Gasteiger partial charge is 0.494 e. The summed E-state index contributed by atoms with van der Waals surface area (Å²) in [7, 11) is 1.24. The van der Waals surface area contributed by atoms with E-state index in [0.29, 0.717) is 12.3 Å². The van der Waals surface area contributed by atoms with Gasteiger partial charge in [0.05, 0.1) is 12.7 Å². The summed E-state index contributed by atoms with van der Waals surface area (Å²) in [5, 5.41) is 2.01. The number of hydrogen-bond donors (Lipinski definition) is 2. The van der Waals surface area contributed by atoms with Gasteiger partial charge in [-0.1, -0.05) is 0 Å². The third-order valence-electron chi connectivity index (χ3n) is 2.89. The number of aromatic nitrogens is 1. The number of carbonyl (C=O) groups excluding carboxylic acids is 1. The first-order chi connectivity index (χ1) is 10.7. The Morgan fingerprint density at radius 3 is 2.52 bits per heavy atom. The molecule has 0 fully saturated rings. The highest BCUT2D eigenvalue weighted by Gasteiger charge is 2.31. The summed E-state index contributed by atoms with van der Waals surface area (Å²) in [6.07, 6.45) is -4.19. The van der Waals surface area contributed by atoms with Crippen molar-refractivity contribution in [3.63, 3.8) is 0 Å². The van der Waals surface area contributed by atoms with E-state index in [4.69, 9.17) is 0 Å². The van der Waals surface area contributed by atoms with Crippen molar-refractivity contribution in [2.24, 2.45) is 0 Å². The van der Waals surface area contributed by atoms with E-state index < -0.39 is 34.7 Å². The monoisotopic (exact) mass is 330 g/mol. The highest BCUT2D eigenvalue weighted by atomic mass is 19.4. The number of pyridine rings is 1. The molecule has 9 heteroatoms. The van der Waals surface area contributed by atoms with Crippen molar-refractivity contribution >= 4 is 11.6 Å². The molecule has 1 heterocycles. The molecular formula is C14H10F4N2O3. The van der Waals surface area contributed by atoms with Crippen LogP contribution in [0.4, 0.5) is 23.2 Å². The van der Waals surface area contributed by atoms with Crippen molar-refractivity contribution in [3.05, 3.63) is 57.8 Å². The van der Waals surface area contributed by atoms with Gasteiger partial charge in [-0.2, -0.15) is 13.2 Å². The normalized spacial score (nSPS) is 11.2. The molecule has 0 aliphatic heterocycles. The Balaban J connectivity index is 2.30. The van der Waals surface area contributed by atoms with Gasteiger partial charge in [0, 0.05) is 11.8 Å². The average Bonchev–Trinajstić information content (AvgIpc) is 2.48.